The lowest BCUT2D eigenvalue weighted by Gasteiger charge is -2.15. The van der Waals surface area contributed by atoms with E-state index >= 15 is 0 Å². The van der Waals surface area contributed by atoms with Crippen molar-refractivity contribution in [2.75, 3.05) is 11.4 Å². The van der Waals surface area contributed by atoms with Gasteiger partial charge in [-0.3, -0.25) is 9.69 Å². The molecule has 0 aliphatic rings. The SMILES string of the molecule is CCN(C(C)=O)c1nc(CNC(C)CCC(C)C)cs1. The topological polar surface area (TPSA) is 45.2 Å². The summed E-state index contributed by atoms with van der Waals surface area (Å²) in [5, 5.41) is 6.32. The average molecular weight is 297 g/mol. The van der Waals surface area contributed by atoms with Gasteiger partial charge in [0.1, 0.15) is 0 Å². The Kier molecular flexibility index (Phi) is 7.16. The van der Waals surface area contributed by atoms with Crippen molar-refractivity contribution in [3.05, 3.63) is 11.1 Å². The van der Waals surface area contributed by atoms with Gasteiger partial charge in [-0.1, -0.05) is 13.8 Å². The number of carbonyl (C=O) groups excluding carboxylic acids is 1. The van der Waals surface area contributed by atoms with Crippen molar-refractivity contribution >= 4 is 22.4 Å². The molecule has 0 bridgehead atoms. The van der Waals surface area contributed by atoms with Crippen molar-refractivity contribution in [2.45, 2.75) is 60.0 Å². The maximum atomic E-state index is 11.5. The van der Waals surface area contributed by atoms with Gasteiger partial charge in [0, 0.05) is 31.4 Å². The summed E-state index contributed by atoms with van der Waals surface area (Å²) >= 11 is 1.53. The summed E-state index contributed by atoms with van der Waals surface area (Å²) in [6.07, 6.45) is 2.42. The summed E-state index contributed by atoms with van der Waals surface area (Å²) in [5.41, 5.74) is 1.01. The van der Waals surface area contributed by atoms with Gasteiger partial charge in [0.25, 0.3) is 0 Å². The van der Waals surface area contributed by atoms with Crippen molar-refractivity contribution in [2.24, 2.45) is 5.92 Å². The van der Waals surface area contributed by atoms with Crippen molar-refractivity contribution in [1.29, 1.82) is 0 Å². The minimum absolute atomic E-state index is 0.0478. The highest BCUT2D eigenvalue weighted by Crippen LogP contribution is 2.20. The van der Waals surface area contributed by atoms with E-state index in [1.807, 2.05) is 12.3 Å². The average Bonchev–Trinajstić information content (AvgIpc) is 2.83. The third kappa shape index (κ3) is 5.59. The first-order valence-electron chi connectivity index (χ1n) is 7.39. The number of carbonyl (C=O) groups is 1. The summed E-state index contributed by atoms with van der Waals surface area (Å²) in [7, 11) is 0. The number of aromatic nitrogens is 1. The lowest BCUT2D eigenvalue weighted by Crippen LogP contribution is -2.28. The molecule has 114 valence electrons. The molecule has 0 aliphatic carbocycles. The number of nitrogens with one attached hydrogen (secondary N) is 1. The molecule has 1 N–H and O–H groups in total. The zero-order valence-electron chi connectivity index (χ0n) is 13.3. The van der Waals surface area contributed by atoms with Crippen LogP contribution in [-0.4, -0.2) is 23.5 Å². The van der Waals surface area contributed by atoms with Crippen LogP contribution in [0.2, 0.25) is 0 Å². The number of anilines is 1. The Labute approximate surface area is 126 Å². The lowest BCUT2D eigenvalue weighted by molar-refractivity contribution is -0.116. The van der Waals surface area contributed by atoms with E-state index in [1.165, 1.54) is 24.2 Å². The van der Waals surface area contributed by atoms with E-state index in [9.17, 15) is 4.79 Å². The van der Waals surface area contributed by atoms with Crippen LogP contribution in [0.4, 0.5) is 5.13 Å². The summed E-state index contributed by atoms with van der Waals surface area (Å²) < 4.78 is 0. The summed E-state index contributed by atoms with van der Waals surface area (Å²) in [6.45, 7) is 11.7. The van der Waals surface area contributed by atoms with Gasteiger partial charge in [0.15, 0.2) is 5.13 Å². The molecular formula is C15H27N3OS. The van der Waals surface area contributed by atoms with Crippen LogP contribution in [-0.2, 0) is 11.3 Å². The Morgan fingerprint density at radius 3 is 2.65 bits per heavy atom. The summed E-state index contributed by atoms with van der Waals surface area (Å²) in [5.74, 6) is 0.797. The molecule has 5 heteroatoms. The molecule has 1 rings (SSSR count). The fourth-order valence-corrected chi connectivity index (χ4v) is 2.89. The molecule has 4 nitrogen and oxygen atoms in total. The van der Waals surface area contributed by atoms with Gasteiger partial charge < -0.3 is 5.32 Å². The maximum Gasteiger partial charge on any atom is 0.225 e. The first-order valence-corrected chi connectivity index (χ1v) is 8.27. The van der Waals surface area contributed by atoms with Gasteiger partial charge in [-0.25, -0.2) is 4.98 Å². The minimum atomic E-state index is 0.0478. The number of hydrogen-bond donors (Lipinski definition) is 1. The van der Waals surface area contributed by atoms with Crippen LogP contribution in [0.15, 0.2) is 5.38 Å². The third-order valence-electron chi connectivity index (χ3n) is 3.28. The number of nitrogens with zero attached hydrogens (tertiary/aromatic N) is 2. The van der Waals surface area contributed by atoms with Crippen LogP contribution in [0.25, 0.3) is 0 Å². The van der Waals surface area contributed by atoms with E-state index < -0.39 is 0 Å². The maximum absolute atomic E-state index is 11.5. The number of hydrogen-bond acceptors (Lipinski definition) is 4. The zero-order valence-corrected chi connectivity index (χ0v) is 14.1. The fourth-order valence-electron chi connectivity index (χ4n) is 1.96. The second-order valence-corrected chi connectivity index (χ2v) is 6.47. The van der Waals surface area contributed by atoms with Crippen molar-refractivity contribution in [1.82, 2.24) is 10.3 Å². The van der Waals surface area contributed by atoms with Crippen LogP contribution in [0, 0.1) is 5.92 Å². The first-order chi connectivity index (χ1) is 9.43. The molecule has 1 aromatic heterocycles. The molecule has 1 atom stereocenters. The monoisotopic (exact) mass is 297 g/mol. The van der Waals surface area contributed by atoms with E-state index in [1.54, 1.807) is 11.8 Å². The van der Waals surface area contributed by atoms with E-state index in [2.05, 4.69) is 31.1 Å². The van der Waals surface area contributed by atoms with Crippen LogP contribution in [0.3, 0.4) is 0 Å². The molecule has 0 radical (unpaired) electrons. The standard InChI is InChI=1S/C15H27N3OS/c1-6-18(13(5)19)15-17-14(10-20-15)9-16-12(4)8-7-11(2)3/h10-12,16H,6-9H2,1-5H3. The summed E-state index contributed by atoms with van der Waals surface area (Å²) in [6, 6.07) is 0.498. The van der Waals surface area contributed by atoms with Crippen LogP contribution in [0.5, 0.6) is 0 Å². The molecular weight excluding hydrogens is 270 g/mol. The van der Waals surface area contributed by atoms with Crippen LogP contribution in [0.1, 0.15) is 53.2 Å². The number of thiazole rings is 1. The van der Waals surface area contributed by atoms with E-state index in [0.717, 1.165) is 23.3 Å². The van der Waals surface area contributed by atoms with E-state index in [-0.39, 0.29) is 5.91 Å². The largest absolute Gasteiger partial charge is 0.309 e. The second-order valence-electron chi connectivity index (χ2n) is 5.64. The molecule has 1 heterocycles. The Bertz CT molecular complexity index is 417. The lowest BCUT2D eigenvalue weighted by atomic mass is 10.0. The fraction of sp³-hybridized carbons (Fsp3) is 0.733. The minimum Gasteiger partial charge on any atom is -0.309 e. The van der Waals surface area contributed by atoms with Crippen LogP contribution >= 0.6 is 11.3 Å². The Hall–Kier alpha value is -0.940. The van der Waals surface area contributed by atoms with Gasteiger partial charge in [-0.15, -0.1) is 11.3 Å². The van der Waals surface area contributed by atoms with Gasteiger partial charge in [-0.2, -0.15) is 0 Å². The van der Waals surface area contributed by atoms with E-state index in [4.69, 9.17) is 0 Å². The van der Waals surface area contributed by atoms with Gasteiger partial charge in [0.2, 0.25) is 5.91 Å². The predicted molar refractivity (Wildman–Crippen MR) is 86.2 cm³/mol. The molecule has 1 aromatic rings. The molecule has 20 heavy (non-hydrogen) atoms. The molecule has 0 fully saturated rings. The Balaban J connectivity index is 2.46. The Morgan fingerprint density at radius 1 is 1.40 bits per heavy atom. The summed E-state index contributed by atoms with van der Waals surface area (Å²) in [4.78, 5) is 17.7. The predicted octanol–water partition coefficient (Wildman–Crippen LogP) is 3.43. The van der Waals surface area contributed by atoms with Crippen LogP contribution < -0.4 is 10.2 Å². The highest BCUT2D eigenvalue weighted by molar-refractivity contribution is 7.14. The molecule has 0 aromatic carbocycles. The molecule has 0 spiro atoms. The van der Waals surface area contributed by atoms with Crippen molar-refractivity contribution < 1.29 is 4.79 Å². The smallest absolute Gasteiger partial charge is 0.225 e. The molecule has 0 aliphatic heterocycles. The van der Waals surface area contributed by atoms with Gasteiger partial charge in [0.05, 0.1) is 5.69 Å². The first kappa shape index (κ1) is 17.1. The van der Waals surface area contributed by atoms with Gasteiger partial charge >= 0.3 is 0 Å². The number of amides is 1. The Morgan fingerprint density at radius 2 is 2.10 bits per heavy atom. The molecule has 1 amide bonds. The highest BCUT2D eigenvalue weighted by Gasteiger charge is 2.13. The number of rotatable bonds is 8. The highest BCUT2D eigenvalue weighted by atomic mass is 32.1. The zero-order chi connectivity index (χ0) is 15.1. The quantitative estimate of drug-likeness (QED) is 0.799. The molecule has 0 saturated carbocycles. The normalized spacial score (nSPS) is 12.7. The van der Waals surface area contributed by atoms with Crippen molar-refractivity contribution in [3.63, 3.8) is 0 Å². The third-order valence-corrected chi connectivity index (χ3v) is 4.19. The van der Waals surface area contributed by atoms with Gasteiger partial charge in [-0.05, 0) is 32.6 Å². The van der Waals surface area contributed by atoms with E-state index in [0.29, 0.717) is 12.6 Å². The second kappa shape index (κ2) is 8.37. The molecule has 0 saturated heterocycles. The van der Waals surface area contributed by atoms with Crippen molar-refractivity contribution in [3.8, 4) is 0 Å². The molecule has 1 unspecified atom stereocenters.